The highest BCUT2D eigenvalue weighted by Gasteiger charge is 2.10. The van der Waals surface area contributed by atoms with Crippen molar-refractivity contribution in [3.05, 3.63) is 58.0 Å². The summed E-state index contributed by atoms with van der Waals surface area (Å²) in [6.45, 7) is 1.90. The Labute approximate surface area is 115 Å². The quantitative estimate of drug-likeness (QED) is 0.884. The summed E-state index contributed by atoms with van der Waals surface area (Å²) < 4.78 is 13.6. The second-order valence-corrected chi connectivity index (χ2v) is 4.78. The van der Waals surface area contributed by atoms with E-state index < -0.39 is 5.82 Å². The van der Waals surface area contributed by atoms with Gasteiger partial charge in [-0.1, -0.05) is 35.3 Å². The molecule has 0 saturated heterocycles. The molecule has 2 aromatic rings. The summed E-state index contributed by atoms with van der Waals surface area (Å²) >= 11 is 11.6. The standard InChI is InChI=1S/C13H11Cl2FN2/c1-8(9-3-2-4-10(14)5-9)18-13-12(16)6-11(15)7-17-13/h2-8H,1H3,(H,17,18). The van der Waals surface area contributed by atoms with Crippen molar-refractivity contribution in [2.24, 2.45) is 0 Å². The second-order valence-electron chi connectivity index (χ2n) is 3.90. The van der Waals surface area contributed by atoms with E-state index in [9.17, 15) is 4.39 Å². The Morgan fingerprint density at radius 2 is 2.00 bits per heavy atom. The summed E-state index contributed by atoms with van der Waals surface area (Å²) in [4.78, 5) is 3.91. The summed E-state index contributed by atoms with van der Waals surface area (Å²) in [6.07, 6.45) is 1.40. The van der Waals surface area contributed by atoms with Crippen LogP contribution in [0.4, 0.5) is 10.2 Å². The molecule has 1 aromatic heterocycles. The number of aromatic nitrogens is 1. The molecule has 0 spiro atoms. The van der Waals surface area contributed by atoms with E-state index in [1.807, 2.05) is 25.1 Å². The summed E-state index contributed by atoms with van der Waals surface area (Å²) in [5.74, 6) is -0.303. The topological polar surface area (TPSA) is 24.9 Å². The first-order valence-electron chi connectivity index (χ1n) is 5.39. The van der Waals surface area contributed by atoms with E-state index in [0.29, 0.717) is 5.02 Å². The minimum atomic E-state index is -0.476. The number of nitrogens with zero attached hydrogens (tertiary/aromatic N) is 1. The van der Waals surface area contributed by atoms with Crippen molar-refractivity contribution in [3.63, 3.8) is 0 Å². The van der Waals surface area contributed by atoms with Gasteiger partial charge in [-0.15, -0.1) is 0 Å². The van der Waals surface area contributed by atoms with Crippen LogP contribution in [0.5, 0.6) is 0 Å². The highest BCUT2D eigenvalue weighted by molar-refractivity contribution is 6.30. The van der Waals surface area contributed by atoms with Gasteiger partial charge in [0.2, 0.25) is 0 Å². The normalized spacial score (nSPS) is 12.2. The molecule has 0 saturated carbocycles. The van der Waals surface area contributed by atoms with E-state index in [4.69, 9.17) is 23.2 Å². The zero-order chi connectivity index (χ0) is 13.1. The van der Waals surface area contributed by atoms with Gasteiger partial charge in [0.15, 0.2) is 11.6 Å². The first-order valence-corrected chi connectivity index (χ1v) is 6.15. The van der Waals surface area contributed by atoms with Gasteiger partial charge in [0, 0.05) is 11.2 Å². The predicted octanol–water partition coefficient (Wildman–Crippen LogP) is 4.70. The lowest BCUT2D eigenvalue weighted by Crippen LogP contribution is -2.09. The SMILES string of the molecule is CC(Nc1ncc(Cl)cc1F)c1cccc(Cl)c1. The maximum absolute atomic E-state index is 13.6. The number of pyridine rings is 1. The van der Waals surface area contributed by atoms with E-state index in [-0.39, 0.29) is 16.9 Å². The molecule has 94 valence electrons. The Balaban J connectivity index is 2.18. The number of halogens is 3. The number of anilines is 1. The molecule has 0 aliphatic carbocycles. The molecular weight excluding hydrogens is 274 g/mol. The molecule has 1 unspecified atom stereocenters. The molecule has 1 N–H and O–H groups in total. The molecule has 0 fully saturated rings. The van der Waals surface area contributed by atoms with Gasteiger partial charge in [-0.25, -0.2) is 9.37 Å². The van der Waals surface area contributed by atoms with Gasteiger partial charge >= 0.3 is 0 Å². The largest absolute Gasteiger partial charge is 0.361 e. The van der Waals surface area contributed by atoms with Crippen molar-refractivity contribution in [3.8, 4) is 0 Å². The van der Waals surface area contributed by atoms with E-state index in [0.717, 1.165) is 5.56 Å². The van der Waals surface area contributed by atoms with Gasteiger partial charge in [0.1, 0.15) is 0 Å². The number of rotatable bonds is 3. The van der Waals surface area contributed by atoms with Gasteiger partial charge in [0.05, 0.1) is 11.1 Å². The van der Waals surface area contributed by atoms with Crippen LogP contribution in [0.2, 0.25) is 10.0 Å². The maximum atomic E-state index is 13.6. The Morgan fingerprint density at radius 1 is 1.22 bits per heavy atom. The molecule has 1 atom stereocenters. The van der Waals surface area contributed by atoms with E-state index in [2.05, 4.69) is 10.3 Å². The zero-order valence-corrected chi connectivity index (χ0v) is 11.1. The minimum absolute atomic E-state index is 0.105. The monoisotopic (exact) mass is 284 g/mol. The van der Waals surface area contributed by atoms with Crippen LogP contribution >= 0.6 is 23.2 Å². The molecule has 18 heavy (non-hydrogen) atoms. The fourth-order valence-corrected chi connectivity index (χ4v) is 1.93. The van der Waals surface area contributed by atoms with Crippen LogP contribution in [0.15, 0.2) is 36.5 Å². The summed E-state index contributed by atoms with van der Waals surface area (Å²) in [5.41, 5.74) is 0.957. The summed E-state index contributed by atoms with van der Waals surface area (Å²) in [6, 6.07) is 8.50. The molecule has 0 radical (unpaired) electrons. The van der Waals surface area contributed by atoms with Crippen LogP contribution in [0.3, 0.4) is 0 Å². The van der Waals surface area contributed by atoms with Crippen LogP contribution in [0.1, 0.15) is 18.5 Å². The van der Waals surface area contributed by atoms with Crippen LogP contribution in [-0.4, -0.2) is 4.98 Å². The molecule has 1 aromatic carbocycles. The van der Waals surface area contributed by atoms with Crippen LogP contribution in [0.25, 0.3) is 0 Å². The third kappa shape index (κ3) is 3.12. The van der Waals surface area contributed by atoms with Crippen molar-refractivity contribution in [1.29, 1.82) is 0 Å². The Kier molecular flexibility index (Phi) is 4.04. The van der Waals surface area contributed by atoms with Crippen molar-refractivity contribution >= 4 is 29.0 Å². The van der Waals surface area contributed by atoms with Crippen molar-refractivity contribution in [1.82, 2.24) is 4.98 Å². The molecular formula is C13H11Cl2FN2. The summed E-state index contributed by atoms with van der Waals surface area (Å²) in [7, 11) is 0. The van der Waals surface area contributed by atoms with Gasteiger partial charge in [-0.05, 0) is 30.7 Å². The number of benzene rings is 1. The highest BCUT2D eigenvalue weighted by Crippen LogP contribution is 2.23. The van der Waals surface area contributed by atoms with Crippen LogP contribution in [-0.2, 0) is 0 Å². The van der Waals surface area contributed by atoms with Crippen molar-refractivity contribution < 1.29 is 4.39 Å². The molecule has 0 amide bonds. The van der Waals surface area contributed by atoms with Gasteiger partial charge < -0.3 is 5.32 Å². The lowest BCUT2D eigenvalue weighted by molar-refractivity contribution is 0.621. The molecule has 0 aliphatic rings. The highest BCUT2D eigenvalue weighted by atomic mass is 35.5. The van der Waals surface area contributed by atoms with E-state index in [1.54, 1.807) is 6.07 Å². The Bertz CT molecular complexity index is 560. The molecule has 0 aliphatic heterocycles. The lowest BCUT2D eigenvalue weighted by Gasteiger charge is -2.15. The summed E-state index contributed by atoms with van der Waals surface area (Å²) in [5, 5.41) is 3.89. The zero-order valence-electron chi connectivity index (χ0n) is 9.62. The number of nitrogens with one attached hydrogen (secondary N) is 1. The Morgan fingerprint density at radius 3 is 2.67 bits per heavy atom. The predicted molar refractivity (Wildman–Crippen MR) is 72.7 cm³/mol. The van der Waals surface area contributed by atoms with E-state index in [1.165, 1.54) is 12.3 Å². The molecule has 2 nitrogen and oxygen atoms in total. The van der Waals surface area contributed by atoms with Gasteiger partial charge in [0.25, 0.3) is 0 Å². The molecule has 0 bridgehead atoms. The second kappa shape index (κ2) is 5.55. The number of hydrogen-bond acceptors (Lipinski definition) is 2. The van der Waals surface area contributed by atoms with Crippen molar-refractivity contribution in [2.45, 2.75) is 13.0 Å². The van der Waals surface area contributed by atoms with Crippen LogP contribution < -0.4 is 5.32 Å². The van der Waals surface area contributed by atoms with Crippen LogP contribution in [0, 0.1) is 5.82 Å². The first kappa shape index (κ1) is 13.1. The minimum Gasteiger partial charge on any atom is -0.361 e. The smallest absolute Gasteiger partial charge is 0.166 e. The maximum Gasteiger partial charge on any atom is 0.166 e. The van der Waals surface area contributed by atoms with Crippen molar-refractivity contribution in [2.75, 3.05) is 5.32 Å². The third-order valence-electron chi connectivity index (χ3n) is 2.51. The fraction of sp³-hybridized carbons (Fsp3) is 0.154. The first-order chi connectivity index (χ1) is 8.56. The fourth-order valence-electron chi connectivity index (χ4n) is 1.59. The van der Waals surface area contributed by atoms with Gasteiger partial charge in [-0.2, -0.15) is 0 Å². The third-order valence-corrected chi connectivity index (χ3v) is 2.95. The molecule has 2 rings (SSSR count). The van der Waals surface area contributed by atoms with Gasteiger partial charge in [-0.3, -0.25) is 0 Å². The van der Waals surface area contributed by atoms with E-state index >= 15 is 0 Å². The number of hydrogen-bond donors (Lipinski definition) is 1. The molecule has 1 heterocycles. The molecule has 5 heteroatoms. The average molecular weight is 285 g/mol. The average Bonchev–Trinajstić information content (AvgIpc) is 2.32. The Hall–Kier alpha value is -1.32. The lowest BCUT2D eigenvalue weighted by atomic mass is 10.1.